The van der Waals surface area contributed by atoms with Gasteiger partial charge in [0, 0.05) is 12.5 Å². The van der Waals surface area contributed by atoms with Crippen LogP contribution in [0.5, 0.6) is 0 Å². The maximum absolute atomic E-state index is 12.6. The van der Waals surface area contributed by atoms with Crippen molar-refractivity contribution in [1.82, 2.24) is 4.31 Å². The summed E-state index contributed by atoms with van der Waals surface area (Å²) in [7, 11) is -3.65. The molecule has 6 nitrogen and oxygen atoms in total. The van der Waals surface area contributed by atoms with E-state index in [4.69, 9.17) is 9.15 Å². The van der Waals surface area contributed by atoms with Crippen molar-refractivity contribution in [2.75, 3.05) is 19.8 Å². The summed E-state index contributed by atoms with van der Waals surface area (Å²) in [4.78, 5) is 0. The molecular formula is C13H19NO5S. The number of furan rings is 1. The monoisotopic (exact) mass is 301 g/mol. The van der Waals surface area contributed by atoms with Crippen LogP contribution >= 0.6 is 0 Å². The van der Waals surface area contributed by atoms with Crippen LogP contribution in [0.2, 0.25) is 0 Å². The molecule has 1 aromatic rings. The molecule has 0 radical (unpaired) electrons. The van der Waals surface area contributed by atoms with E-state index in [2.05, 4.69) is 0 Å². The average Bonchev–Trinajstić information content (AvgIpc) is 3.10. The third-order valence-electron chi connectivity index (χ3n) is 4.20. The molecular weight excluding hydrogens is 282 g/mol. The van der Waals surface area contributed by atoms with E-state index in [1.54, 1.807) is 6.07 Å². The van der Waals surface area contributed by atoms with Crippen molar-refractivity contribution in [3.63, 3.8) is 0 Å². The zero-order valence-electron chi connectivity index (χ0n) is 11.1. The second-order valence-electron chi connectivity index (χ2n) is 5.35. The van der Waals surface area contributed by atoms with E-state index < -0.39 is 16.1 Å². The summed E-state index contributed by atoms with van der Waals surface area (Å²) in [5.41, 5.74) is 0. The topological polar surface area (TPSA) is 80.0 Å². The van der Waals surface area contributed by atoms with Gasteiger partial charge in [-0.15, -0.1) is 0 Å². The second kappa shape index (κ2) is 5.48. The van der Waals surface area contributed by atoms with Crippen LogP contribution in [0.15, 0.2) is 27.9 Å². The molecule has 0 unspecified atom stereocenters. The maximum Gasteiger partial charge on any atom is 0.276 e. The van der Waals surface area contributed by atoms with Gasteiger partial charge in [-0.05, 0) is 25.0 Å². The third kappa shape index (κ3) is 2.39. The molecule has 1 aliphatic heterocycles. The molecule has 0 bridgehead atoms. The van der Waals surface area contributed by atoms with Gasteiger partial charge in [-0.25, -0.2) is 8.42 Å². The molecule has 2 fully saturated rings. The Morgan fingerprint density at radius 1 is 1.35 bits per heavy atom. The summed E-state index contributed by atoms with van der Waals surface area (Å²) in [6.45, 7) is 1.01. The molecule has 112 valence electrons. The summed E-state index contributed by atoms with van der Waals surface area (Å²) in [6.07, 6.45) is 3.40. The molecule has 2 aliphatic rings. The Morgan fingerprint density at radius 3 is 2.85 bits per heavy atom. The van der Waals surface area contributed by atoms with Crippen molar-refractivity contribution < 1.29 is 22.7 Å². The molecule has 1 aliphatic carbocycles. The number of ether oxygens (including phenoxy) is 1. The zero-order valence-corrected chi connectivity index (χ0v) is 12.0. The number of sulfonamides is 1. The molecule has 0 aromatic carbocycles. The fraction of sp³-hybridized carbons (Fsp3) is 0.692. The van der Waals surface area contributed by atoms with Gasteiger partial charge in [-0.1, -0.05) is 6.42 Å². The molecule has 7 heteroatoms. The second-order valence-corrected chi connectivity index (χ2v) is 7.17. The van der Waals surface area contributed by atoms with Crippen LogP contribution in [0.25, 0.3) is 0 Å². The Labute approximate surface area is 118 Å². The van der Waals surface area contributed by atoms with Crippen molar-refractivity contribution in [1.29, 1.82) is 0 Å². The highest BCUT2D eigenvalue weighted by Gasteiger charge is 2.43. The Kier molecular flexibility index (Phi) is 3.85. The van der Waals surface area contributed by atoms with Gasteiger partial charge in [0.2, 0.25) is 5.09 Å². The molecule has 20 heavy (non-hydrogen) atoms. The first-order valence-electron chi connectivity index (χ1n) is 6.92. The summed E-state index contributed by atoms with van der Waals surface area (Å²) in [6, 6.07) is 2.70. The minimum Gasteiger partial charge on any atom is -0.452 e. The molecule has 3 rings (SSSR count). The summed E-state index contributed by atoms with van der Waals surface area (Å²) >= 11 is 0. The van der Waals surface area contributed by atoms with Gasteiger partial charge < -0.3 is 14.3 Å². The molecule has 3 atom stereocenters. The van der Waals surface area contributed by atoms with E-state index >= 15 is 0 Å². The van der Waals surface area contributed by atoms with Gasteiger partial charge in [-0.2, -0.15) is 4.31 Å². The van der Waals surface area contributed by atoms with Gasteiger partial charge in [0.15, 0.2) is 0 Å². The Hall–Kier alpha value is -0.890. The predicted octanol–water partition coefficient (Wildman–Crippen LogP) is 0.830. The number of aliphatic hydroxyl groups is 1. The SMILES string of the molecule is O=S(=O)(c1ccco1)N1CCOC[C@@H]1[C@H]1CCC[C@H]1O. The normalized spacial score (nSPS) is 32.5. The quantitative estimate of drug-likeness (QED) is 0.894. The Bertz CT molecular complexity index is 541. The fourth-order valence-electron chi connectivity index (χ4n) is 3.19. The number of nitrogens with zero attached hydrogens (tertiary/aromatic N) is 1. The van der Waals surface area contributed by atoms with E-state index in [0.717, 1.165) is 19.3 Å². The Morgan fingerprint density at radius 2 is 2.20 bits per heavy atom. The van der Waals surface area contributed by atoms with Gasteiger partial charge in [0.25, 0.3) is 10.0 Å². The lowest BCUT2D eigenvalue weighted by atomic mass is 9.96. The van der Waals surface area contributed by atoms with E-state index in [-0.39, 0.29) is 17.1 Å². The van der Waals surface area contributed by atoms with E-state index in [1.807, 2.05) is 0 Å². The fourth-order valence-corrected chi connectivity index (χ4v) is 4.73. The molecule has 1 saturated heterocycles. The van der Waals surface area contributed by atoms with Crippen LogP contribution in [0.4, 0.5) is 0 Å². The van der Waals surface area contributed by atoms with Crippen LogP contribution in [-0.2, 0) is 14.8 Å². The van der Waals surface area contributed by atoms with Crippen molar-refractivity contribution in [2.45, 2.75) is 36.5 Å². The summed E-state index contributed by atoms with van der Waals surface area (Å²) in [5, 5.41) is 10.0. The van der Waals surface area contributed by atoms with Crippen molar-refractivity contribution in [3.8, 4) is 0 Å². The number of aliphatic hydroxyl groups excluding tert-OH is 1. The smallest absolute Gasteiger partial charge is 0.276 e. The lowest BCUT2D eigenvalue weighted by Gasteiger charge is -2.38. The minimum absolute atomic E-state index is 0.0445. The van der Waals surface area contributed by atoms with Gasteiger partial charge in [-0.3, -0.25) is 0 Å². The average molecular weight is 301 g/mol. The highest BCUT2D eigenvalue weighted by atomic mass is 32.2. The van der Waals surface area contributed by atoms with Crippen molar-refractivity contribution in [2.24, 2.45) is 5.92 Å². The van der Waals surface area contributed by atoms with E-state index in [9.17, 15) is 13.5 Å². The Balaban J connectivity index is 1.89. The first-order chi connectivity index (χ1) is 9.60. The summed E-state index contributed by atoms with van der Waals surface area (Å²) < 4.78 is 37.2. The molecule has 0 amide bonds. The van der Waals surface area contributed by atoms with Gasteiger partial charge in [0.1, 0.15) is 0 Å². The number of hydrogen-bond donors (Lipinski definition) is 1. The molecule has 1 aromatic heterocycles. The predicted molar refractivity (Wildman–Crippen MR) is 70.6 cm³/mol. The minimum atomic E-state index is -3.65. The lowest BCUT2D eigenvalue weighted by molar-refractivity contribution is -0.0152. The number of rotatable bonds is 3. The van der Waals surface area contributed by atoms with E-state index in [1.165, 1.54) is 16.6 Å². The largest absolute Gasteiger partial charge is 0.452 e. The maximum atomic E-state index is 12.6. The molecule has 1 saturated carbocycles. The van der Waals surface area contributed by atoms with E-state index in [0.29, 0.717) is 19.8 Å². The zero-order chi connectivity index (χ0) is 14.2. The summed E-state index contributed by atoms with van der Waals surface area (Å²) in [5.74, 6) is -0.0555. The molecule has 0 spiro atoms. The highest BCUT2D eigenvalue weighted by molar-refractivity contribution is 7.89. The first kappa shape index (κ1) is 14.1. The van der Waals surface area contributed by atoms with Crippen LogP contribution in [0, 0.1) is 5.92 Å². The van der Waals surface area contributed by atoms with Crippen molar-refractivity contribution in [3.05, 3.63) is 18.4 Å². The standard InChI is InChI=1S/C13H19NO5S/c15-12-4-1-3-10(12)11-9-18-8-6-14(11)20(16,17)13-5-2-7-19-13/h2,5,7,10-12,15H,1,3-4,6,8-9H2/t10-,11-,12-/m1/s1. The highest BCUT2D eigenvalue weighted by Crippen LogP contribution is 2.34. The number of hydrogen-bond acceptors (Lipinski definition) is 5. The van der Waals surface area contributed by atoms with Crippen LogP contribution in [0.3, 0.4) is 0 Å². The number of morpholine rings is 1. The molecule has 1 N–H and O–H groups in total. The van der Waals surface area contributed by atoms with Crippen molar-refractivity contribution >= 4 is 10.0 Å². The van der Waals surface area contributed by atoms with Crippen LogP contribution in [0.1, 0.15) is 19.3 Å². The molecule has 2 heterocycles. The third-order valence-corrected chi connectivity index (χ3v) is 6.01. The lowest BCUT2D eigenvalue weighted by Crippen LogP contribution is -2.53. The van der Waals surface area contributed by atoms with Gasteiger partial charge >= 0.3 is 0 Å². The van der Waals surface area contributed by atoms with Gasteiger partial charge in [0.05, 0.1) is 31.6 Å². The van der Waals surface area contributed by atoms with Crippen LogP contribution in [-0.4, -0.2) is 49.7 Å². The van der Waals surface area contributed by atoms with Crippen LogP contribution < -0.4 is 0 Å². The first-order valence-corrected chi connectivity index (χ1v) is 8.36.